The fourth-order valence-corrected chi connectivity index (χ4v) is 2.69. The third kappa shape index (κ3) is 2.77. The van der Waals surface area contributed by atoms with E-state index in [-0.39, 0.29) is 0 Å². The van der Waals surface area contributed by atoms with Gasteiger partial charge in [0.1, 0.15) is 11.5 Å². The van der Waals surface area contributed by atoms with Crippen LogP contribution in [0.3, 0.4) is 0 Å². The minimum Gasteiger partial charge on any atom is -0.494 e. The number of H-pyrrole nitrogens is 2. The van der Waals surface area contributed by atoms with Gasteiger partial charge in [0.15, 0.2) is 0 Å². The lowest BCUT2D eigenvalue weighted by Crippen LogP contribution is -1.93. The van der Waals surface area contributed by atoms with E-state index in [1.807, 2.05) is 30.5 Å². The van der Waals surface area contributed by atoms with E-state index in [0.717, 1.165) is 41.4 Å². The van der Waals surface area contributed by atoms with E-state index in [9.17, 15) is 0 Å². The molecule has 2 aromatic heterocycles. The number of aromatic amines is 2. The second kappa shape index (κ2) is 6.10. The molecule has 1 aliphatic heterocycles. The molecular formula is C18H21N3O. The first-order chi connectivity index (χ1) is 10.7. The van der Waals surface area contributed by atoms with Crippen LogP contribution in [0.5, 0.6) is 0 Å². The van der Waals surface area contributed by atoms with Gasteiger partial charge >= 0.3 is 0 Å². The molecule has 0 amide bonds. The summed E-state index contributed by atoms with van der Waals surface area (Å²) in [5.41, 5.74) is 6.39. The summed E-state index contributed by atoms with van der Waals surface area (Å²) in [6, 6.07) is 6.16. The Kier molecular flexibility index (Phi) is 4.00. The molecule has 4 heteroatoms. The Hall–Kier alpha value is -2.49. The first-order valence-electron chi connectivity index (χ1n) is 7.60. The number of nitrogens with one attached hydrogen (secondary N) is 2. The van der Waals surface area contributed by atoms with Crippen LogP contribution in [-0.4, -0.2) is 22.8 Å². The van der Waals surface area contributed by atoms with Gasteiger partial charge in [-0.1, -0.05) is 13.3 Å². The van der Waals surface area contributed by atoms with Crippen molar-refractivity contribution in [3.63, 3.8) is 0 Å². The summed E-state index contributed by atoms with van der Waals surface area (Å²) in [5.74, 6) is 0.786. The van der Waals surface area contributed by atoms with Crippen molar-refractivity contribution in [3.8, 4) is 0 Å². The number of aryl methyl sites for hydroxylation is 2. The van der Waals surface area contributed by atoms with Crippen LogP contribution in [0.25, 0.3) is 6.08 Å². The van der Waals surface area contributed by atoms with Crippen molar-refractivity contribution < 1.29 is 4.74 Å². The normalized spacial score (nSPS) is 16.0. The third-order valence-electron chi connectivity index (χ3n) is 3.81. The predicted molar refractivity (Wildman–Crippen MR) is 89.9 cm³/mol. The highest BCUT2D eigenvalue weighted by Crippen LogP contribution is 2.25. The first-order valence-corrected chi connectivity index (χ1v) is 7.60. The highest BCUT2D eigenvalue weighted by Gasteiger charge is 2.17. The molecule has 1 aliphatic rings. The van der Waals surface area contributed by atoms with E-state index < -0.39 is 0 Å². The summed E-state index contributed by atoms with van der Waals surface area (Å²) < 4.78 is 5.46. The lowest BCUT2D eigenvalue weighted by molar-refractivity contribution is 0.303. The molecule has 2 N–H and O–H groups in total. The second-order valence-corrected chi connectivity index (χ2v) is 5.45. The van der Waals surface area contributed by atoms with Crippen LogP contribution >= 0.6 is 0 Å². The van der Waals surface area contributed by atoms with Crippen molar-refractivity contribution in [1.29, 1.82) is 0 Å². The van der Waals surface area contributed by atoms with Gasteiger partial charge in [0.05, 0.1) is 18.5 Å². The van der Waals surface area contributed by atoms with Crippen LogP contribution in [0.1, 0.15) is 36.0 Å². The maximum Gasteiger partial charge on any atom is 0.146 e. The van der Waals surface area contributed by atoms with Crippen molar-refractivity contribution in [3.05, 3.63) is 64.6 Å². The third-order valence-corrected chi connectivity index (χ3v) is 3.81. The van der Waals surface area contributed by atoms with E-state index in [0.29, 0.717) is 0 Å². The lowest BCUT2D eigenvalue weighted by atomic mass is 10.1. The van der Waals surface area contributed by atoms with E-state index in [4.69, 9.17) is 4.74 Å². The molecule has 0 unspecified atom stereocenters. The van der Waals surface area contributed by atoms with Gasteiger partial charge in [-0.05, 0) is 43.2 Å². The zero-order chi connectivity index (χ0) is 15.5. The van der Waals surface area contributed by atoms with Gasteiger partial charge in [0.2, 0.25) is 0 Å². The van der Waals surface area contributed by atoms with Gasteiger partial charge in [-0.25, -0.2) is 4.99 Å². The maximum atomic E-state index is 5.46. The van der Waals surface area contributed by atoms with Crippen molar-refractivity contribution in [1.82, 2.24) is 9.97 Å². The fraction of sp³-hybridized carbons (Fsp3) is 0.278. The predicted octanol–water partition coefficient (Wildman–Crippen LogP) is 3.98. The molecule has 4 nitrogen and oxygen atoms in total. The molecule has 3 heterocycles. The van der Waals surface area contributed by atoms with Gasteiger partial charge in [0, 0.05) is 23.7 Å². The Morgan fingerprint density at radius 1 is 1.36 bits per heavy atom. The number of allylic oxidation sites excluding steroid dienone is 1. The van der Waals surface area contributed by atoms with Crippen molar-refractivity contribution in [2.45, 2.75) is 26.7 Å². The SMILES string of the molecule is CCCc1cc(/C=C2\N=C(c3ccc[nH]3)C=C2OC)[nH]c1C. The second-order valence-electron chi connectivity index (χ2n) is 5.45. The zero-order valence-corrected chi connectivity index (χ0v) is 13.2. The summed E-state index contributed by atoms with van der Waals surface area (Å²) in [6.45, 7) is 4.31. The summed E-state index contributed by atoms with van der Waals surface area (Å²) in [5, 5.41) is 0. The molecule has 0 saturated heterocycles. The molecule has 0 spiro atoms. The molecule has 3 rings (SSSR count). The molecule has 0 saturated carbocycles. The average Bonchev–Trinajstić information content (AvgIpc) is 3.21. The van der Waals surface area contributed by atoms with Gasteiger partial charge in [-0.2, -0.15) is 0 Å². The van der Waals surface area contributed by atoms with E-state index in [1.165, 1.54) is 11.3 Å². The summed E-state index contributed by atoms with van der Waals surface area (Å²) in [7, 11) is 1.68. The molecule has 0 aliphatic carbocycles. The van der Waals surface area contributed by atoms with E-state index in [2.05, 4.69) is 34.9 Å². The van der Waals surface area contributed by atoms with Gasteiger partial charge in [-0.3, -0.25) is 0 Å². The molecule has 22 heavy (non-hydrogen) atoms. The molecule has 0 fully saturated rings. The van der Waals surface area contributed by atoms with Crippen LogP contribution in [0.4, 0.5) is 0 Å². The van der Waals surface area contributed by atoms with Crippen molar-refractivity contribution in [2.24, 2.45) is 4.99 Å². The van der Waals surface area contributed by atoms with Crippen LogP contribution in [0, 0.1) is 6.92 Å². The number of nitrogens with zero attached hydrogens (tertiary/aromatic N) is 1. The molecule has 0 bridgehead atoms. The Labute approximate surface area is 130 Å². The highest BCUT2D eigenvalue weighted by molar-refractivity contribution is 6.11. The van der Waals surface area contributed by atoms with Crippen LogP contribution in [0.2, 0.25) is 0 Å². The average molecular weight is 295 g/mol. The molecular weight excluding hydrogens is 274 g/mol. The number of hydrogen-bond donors (Lipinski definition) is 2. The highest BCUT2D eigenvalue weighted by atomic mass is 16.5. The maximum absolute atomic E-state index is 5.46. The summed E-state index contributed by atoms with van der Waals surface area (Å²) in [4.78, 5) is 11.3. The minimum absolute atomic E-state index is 0.786. The molecule has 0 radical (unpaired) electrons. The van der Waals surface area contributed by atoms with Crippen LogP contribution in [-0.2, 0) is 11.2 Å². The van der Waals surface area contributed by atoms with E-state index >= 15 is 0 Å². The molecule has 0 aromatic carbocycles. The van der Waals surface area contributed by atoms with Gasteiger partial charge in [-0.15, -0.1) is 0 Å². The van der Waals surface area contributed by atoms with E-state index in [1.54, 1.807) is 7.11 Å². The quantitative estimate of drug-likeness (QED) is 0.861. The monoisotopic (exact) mass is 295 g/mol. The Balaban J connectivity index is 1.93. The first kappa shape index (κ1) is 14.4. The Morgan fingerprint density at radius 3 is 2.91 bits per heavy atom. The number of aromatic nitrogens is 2. The zero-order valence-electron chi connectivity index (χ0n) is 13.2. The standard InChI is InChI=1S/C18H21N3O/c1-4-6-13-9-14(20-12(13)2)10-17-18(22-3)11-16(21-17)15-7-5-8-19-15/h5,7-11,19-20H,4,6H2,1-3H3/b17-10-. The largest absolute Gasteiger partial charge is 0.494 e. The van der Waals surface area contributed by atoms with Gasteiger partial charge < -0.3 is 14.7 Å². The van der Waals surface area contributed by atoms with Gasteiger partial charge in [0.25, 0.3) is 0 Å². The molecule has 2 aromatic rings. The summed E-state index contributed by atoms with van der Waals surface area (Å²) >= 11 is 0. The number of rotatable bonds is 5. The lowest BCUT2D eigenvalue weighted by Gasteiger charge is -2.00. The topological polar surface area (TPSA) is 53.2 Å². The van der Waals surface area contributed by atoms with Crippen LogP contribution in [0.15, 0.2) is 46.9 Å². The number of methoxy groups -OCH3 is 1. The van der Waals surface area contributed by atoms with Crippen molar-refractivity contribution in [2.75, 3.05) is 7.11 Å². The Bertz CT molecular complexity index is 745. The van der Waals surface area contributed by atoms with Crippen LogP contribution < -0.4 is 0 Å². The number of ether oxygens (including phenoxy) is 1. The van der Waals surface area contributed by atoms with Crippen molar-refractivity contribution >= 4 is 11.8 Å². The number of hydrogen-bond acceptors (Lipinski definition) is 2. The molecule has 0 atom stereocenters. The minimum atomic E-state index is 0.786. The Morgan fingerprint density at radius 2 is 2.23 bits per heavy atom. The molecule has 114 valence electrons. The summed E-state index contributed by atoms with van der Waals surface area (Å²) in [6.07, 6.45) is 8.13. The fourth-order valence-electron chi connectivity index (χ4n) is 2.69. The number of aliphatic imine (C=N–C) groups is 1. The smallest absolute Gasteiger partial charge is 0.146 e.